The average molecular weight is 368 g/mol. The normalized spacial score (nSPS) is 15.0. The average Bonchev–Trinajstić information content (AvgIpc) is 2.98. The highest BCUT2D eigenvalue weighted by molar-refractivity contribution is 6.05. The molecule has 1 N–H and O–H groups in total. The molecular weight excluding hydrogens is 342 g/mol. The first-order chi connectivity index (χ1) is 11.7. The number of halogens is 1. The fraction of sp³-hybridized carbons (Fsp3) is 0.526. The van der Waals surface area contributed by atoms with Crippen LogP contribution in [-0.4, -0.2) is 25.7 Å². The number of furan rings is 1. The molecule has 1 aromatic heterocycles. The second kappa shape index (κ2) is 9.11. The van der Waals surface area contributed by atoms with E-state index in [1.54, 1.807) is 14.0 Å². The number of benzene rings is 1. The van der Waals surface area contributed by atoms with Gasteiger partial charge in [-0.05, 0) is 38.0 Å². The first kappa shape index (κ1) is 19.6. The molecule has 1 aromatic carbocycles. The quantitative estimate of drug-likeness (QED) is 0.763. The largest absolute Gasteiger partial charge is 0.497 e. The number of esters is 1. The van der Waals surface area contributed by atoms with Crippen molar-refractivity contribution in [2.24, 2.45) is 0 Å². The van der Waals surface area contributed by atoms with E-state index < -0.39 is 0 Å². The summed E-state index contributed by atoms with van der Waals surface area (Å²) in [5, 5.41) is 4.28. The van der Waals surface area contributed by atoms with Crippen molar-refractivity contribution in [1.29, 1.82) is 0 Å². The van der Waals surface area contributed by atoms with Gasteiger partial charge < -0.3 is 19.2 Å². The van der Waals surface area contributed by atoms with Crippen LogP contribution in [0.4, 0.5) is 0 Å². The molecule has 0 radical (unpaired) electrons. The van der Waals surface area contributed by atoms with Crippen LogP contribution in [0.3, 0.4) is 0 Å². The Morgan fingerprint density at radius 2 is 2.04 bits per heavy atom. The summed E-state index contributed by atoms with van der Waals surface area (Å²) < 4.78 is 16.4. The van der Waals surface area contributed by atoms with Gasteiger partial charge in [0, 0.05) is 11.4 Å². The van der Waals surface area contributed by atoms with Crippen molar-refractivity contribution < 1.29 is 18.7 Å². The Labute approximate surface area is 154 Å². The van der Waals surface area contributed by atoms with Crippen LogP contribution < -0.4 is 10.1 Å². The van der Waals surface area contributed by atoms with Gasteiger partial charge in [0.2, 0.25) is 0 Å². The summed E-state index contributed by atoms with van der Waals surface area (Å²) in [5.74, 6) is 0.993. The van der Waals surface area contributed by atoms with Crippen LogP contribution in [0.5, 0.6) is 5.75 Å². The number of methoxy groups -OCH3 is 1. The van der Waals surface area contributed by atoms with Crippen LogP contribution in [0, 0.1) is 0 Å². The maximum absolute atomic E-state index is 12.4. The third kappa shape index (κ3) is 4.47. The maximum Gasteiger partial charge on any atom is 0.342 e. The highest BCUT2D eigenvalue weighted by Gasteiger charge is 2.23. The lowest BCUT2D eigenvalue weighted by atomic mass is 9.95. The summed E-state index contributed by atoms with van der Waals surface area (Å²) in [4.78, 5) is 12.4. The summed E-state index contributed by atoms with van der Waals surface area (Å²) in [7, 11) is 1.61. The minimum atomic E-state index is -0.343. The van der Waals surface area contributed by atoms with Gasteiger partial charge in [-0.25, -0.2) is 4.79 Å². The molecule has 0 atom stereocenters. The van der Waals surface area contributed by atoms with E-state index in [0.717, 1.165) is 5.39 Å². The molecule has 6 heteroatoms. The summed E-state index contributed by atoms with van der Waals surface area (Å²) >= 11 is 0. The molecule has 1 saturated carbocycles. The first-order valence-electron chi connectivity index (χ1n) is 8.72. The van der Waals surface area contributed by atoms with E-state index in [1.165, 1.54) is 32.1 Å². The number of rotatable bonds is 6. The van der Waals surface area contributed by atoms with Gasteiger partial charge in [0.15, 0.2) is 0 Å². The Balaban J connectivity index is 0.00000225. The molecule has 0 aliphatic heterocycles. The smallest absolute Gasteiger partial charge is 0.342 e. The molecule has 1 fully saturated rings. The van der Waals surface area contributed by atoms with Crippen LogP contribution in [0.1, 0.15) is 55.1 Å². The van der Waals surface area contributed by atoms with E-state index in [4.69, 9.17) is 13.9 Å². The zero-order chi connectivity index (χ0) is 16.9. The van der Waals surface area contributed by atoms with Crippen molar-refractivity contribution >= 4 is 29.3 Å². The van der Waals surface area contributed by atoms with E-state index >= 15 is 0 Å². The van der Waals surface area contributed by atoms with Crippen LogP contribution in [0.25, 0.3) is 11.0 Å². The molecule has 1 heterocycles. The number of ether oxygens (including phenoxy) is 2. The monoisotopic (exact) mass is 367 g/mol. The van der Waals surface area contributed by atoms with E-state index in [2.05, 4.69) is 5.32 Å². The van der Waals surface area contributed by atoms with E-state index in [1.807, 2.05) is 18.2 Å². The molecule has 138 valence electrons. The van der Waals surface area contributed by atoms with Gasteiger partial charge in [0.1, 0.15) is 22.7 Å². The first-order valence-corrected chi connectivity index (χ1v) is 8.72. The van der Waals surface area contributed by atoms with Crippen LogP contribution >= 0.6 is 12.4 Å². The Hall–Kier alpha value is -1.72. The predicted octanol–water partition coefficient (Wildman–Crippen LogP) is 4.46. The highest BCUT2D eigenvalue weighted by Crippen LogP contribution is 2.30. The second-order valence-electron chi connectivity index (χ2n) is 6.20. The van der Waals surface area contributed by atoms with Gasteiger partial charge >= 0.3 is 5.97 Å². The molecule has 1 aliphatic carbocycles. The molecule has 0 amide bonds. The molecule has 5 nitrogen and oxygen atoms in total. The number of carbonyl (C=O) groups excluding carboxylic acids is 1. The van der Waals surface area contributed by atoms with Crippen molar-refractivity contribution in [2.45, 2.75) is 51.6 Å². The molecule has 0 spiro atoms. The summed E-state index contributed by atoms with van der Waals surface area (Å²) in [5.41, 5.74) is 1.19. The zero-order valence-electron chi connectivity index (χ0n) is 14.8. The molecule has 0 unspecified atom stereocenters. The minimum Gasteiger partial charge on any atom is -0.497 e. The molecule has 2 aromatic rings. The number of hydrogen-bond donors (Lipinski definition) is 1. The van der Waals surface area contributed by atoms with Gasteiger partial charge in [-0.2, -0.15) is 0 Å². The lowest BCUT2D eigenvalue weighted by Gasteiger charge is -2.22. The summed E-state index contributed by atoms with van der Waals surface area (Å²) in [6.07, 6.45) is 6.21. The van der Waals surface area contributed by atoms with Gasteiger partial charge in [-0.3, -0.25) is 0 Å². The SMILES string of the molecule is CCOC(=O)c1c(CNC2CCCCC2)oc2ccc(OC)cc12.Cl. The number of fused-ring (bicyclic) bond motifs is 1. The fourth-order valence-corrected chi connectivity index (χ4v) is 3.35. The molecule has 3 rings (SSSR count). The Bertz CT molecular complexity index is 707. The number of carbonyl (C=O) groups is 1. The molecular formula is C19H26ClNO4. The van der Waals surface area contributed by atoms with Crippen LogP contribution in [0.15, 0.2) is 22.6 Å². The van der Waals surface area contributed by atoms with E-state index in [-0.39, 0.29) is 18.4 Å². The van der Waals surface area contributed by atoms with E-state index in [0.29, 0.717) is 41.8 Å². The van der Waals surface area contributed by atoms with Crippen molar-refractivity contribution in [2.75, 3.05) is 13.7 Å². The highest BCUT2D eigenvalue weighted by atomic mass is 35.5. The van der Waals surface area contributed by atoms with Crippen molar-refractivity contribution in [3.8, 4) is 5.75 Å². The van der Waals surface area contributed by atoms with Crippen LogP contribution in [0.2, 0.25) is 0 Å². The molecule has 1 aliphatic rings. The number of nitrogens with one attached hydrogen (secondary N) is 1. The maximum atomic E-state index is 12.4. The van der Waals surface area contributed by atoms with Gasteiger partial charge in [0.25, 0.3) is 0 Å². The Morgan fingerprint density at radius 3 is 2.72 bits per heavy atom. The van der Waals surface area contributed by atoms with Gasteiger partial charge in [0.05, 0.1) is 20.3 Å². The second-order valence-corrected chi connectivity index (χ2v) is 6.20. The zero-order valence-corrected chi connectivity index (χ0v) is 15.6. The van der Waals surface area contributed by atoms with Gasteiger partial charge in [-0.1, -0.05) is 19.3 Å². The third-order valence-electron chi connectivity index (χ3n) is 4.60. The molecule has 0 saturated heterocycles. The van der Waals surface area contributed by atoms with Crippen molar-refractivity contribution in [3.05, 3.63) is 29.5 Å². The van der Waals surface area contributed by atoms with Gasteiger partial charge in [-0.15, -0.1) is 12.4 Å². The van der Waals surface area contributed by atoms with E-state index in [9.17, 15) is 4.79 Å². The van der Waals surface area contributed by atoms with Crippen molar-refractivity contribution in [3.63, 3.8) is 0 Å². The molecule has 0 bridgehead atoms. The Kier molecular flexibility index (Phi) is 7.14. The predicted molar refractivity (Wildman–Crippen MR) is 99.7 cm³/mol. The summed E-state index contributed by atoms with van der Waals surface area (Å²) in [6, 6.07) is 5.99. The lowest BCUT2D eigenvalue weighted by molar-refractivity contribution is 0.0525. The Morgan fingerprint density at radius 1 is 1.28 bits per heavy atom. The van der Waals surface area contributed by atoms with Crippen LogP contribution in [-0.2, 0) is 11.3 Å². The minimum absolute atomic E-state index is 0. The topological polar surface area (TPSA) is 60.7 Å². The molecule has 25 heavy (non-hydrogen) atoms. The summed E-state index contributed by atoms with van der Waals surface area (Å²) in [6.45, 7) is 2.68. The van der Waals surface area contributed by atoms with Crippen molar-refractivity contribution in [1.82, 2.24) is 5.32 Å². The fourth-order valence-electron chi connectivity index (χ4n) is 3.35. The lowest BCUT2D eigenvalue weighted by Crippen LogP contribution is -2.30. The number of hydrogen-bond acceptors (Lipinski definition) is 5. The third-order valence-corrected chi connectivity index (χ3v) is 4.60. The standard InChI is InChI=1S/C19H25NO4.ClH/c1-3-23-19(21)18-15-11-14(22-2)9-10-16(15)24-17(18)12-20-13-7-5-4-6-8-13;/h9-11,13,20H,3-8,12H2,1-2H3;1H.